The first-order valence-electron chi connectivity index (χ1n) is 5.21. The number of amides is 1. The predicted octanol–water partition coefficient (Wildman–Crippen LogP) is 2.12. The molecule has 0 aliphatic rings. The van der Waals surface area contributed by atoms with Gasteiger partial charge in [0, 0.05) is 0 Å². The summed E-state index contributed by atoms with van der Waals surface area (Å²) in [6, 6.07) is 5.62. The normalized spacial score (nSPS) is 12.2. The average Bonchev–Trinajstić information content (AvgIpc) is 2.20. The maximum Gasteiger partial charge on any atom is 0.316 e. The Morgan fingerprint density at radius 1 is 1.29 bits per heavy atom. The van der Waals surface area contributed by atoms with E-state index in [4.69, 9.17) is 5.11 Å². The largest absolute Gasteiger partial charge is 0.481 e. The maximum atomic E-state index is 13.3. The SMILES string of the molecule is CC(C)C(C(=O)O)C(=O)Nc1ccccc1F. The molecule has 0 fully saturated rings. The molecule has 4 nitrogen and oxygen atoms in total. The van der Waals surface area contributed by atoms with Gasteiger partial charge in [-0.25, -0.2) is 4.39 Å². The van der Waals surface area contributed by atoms with E-state index in [2.05, 4.69) is 5.32 Å². The molecular weight excluding hydrogens is 225 g/mol. The number of hydrogen-bond donors (Lipinski definition) is 2. The van der Waals surface area contributed by atoms with Crippen LogP contribution in [-0.4, -0.2) is 17.0 Å². The number of nitrogens with one attached hydrogen (secondary N) is 1. The number of halogens is 1. The van der Waals surface area contributed by atoms with E-state index in [1.54, 1.807) is 19.9 Å². The van der Waals surface area contributed by atoms with E-state index in [0.29, 0.717) is 0 Å². The van der Waals surface area contributed by atoms with Crippen LogP contribution in [0.3, 0.4) is 0 Å². The number of benzene rings is 1. The Bertz CT molecular complexity index is 432. The van der Waals surface area contributed by atoms with Crippen molar-refractivity contribution in [3.05, 3.63) is 30.1 Å². The molecule has 1 atom stereocenters. The van der Waals surface area contributed by atoms with Crippen molar-refractivity contribution in [1.82, 2.24) is 0 Å². The molecule has 0 heterocycles. The highest BCUT2D eigenvalue weighted by molar-refractivity contribution is 6.04. The molecule has 1 rings (SSSR count). The molecule has 92 valence electrons. The topological polar surface area (TPSA) is 66.4 Å². The smallest absolute Gasteiger partial charge is 0.316 e. The first-order chi connectivity index (χ1) is 7.93. The molecule has 0 aliphatic carbocycles. The van der Waals surface area contributed by atoms with Crippen LogP contribution in [0.1, 0.15) is 13.8 Å². The van der Waals surface area contributed by atoms with Gasteiger partial charge >= 0.3 is 5.97 Å². The molecule has 0 spiro atoms. The van der Waals surface area contributed by atoms with Gasteiger partial charge in [0.05, 0.1) is 5.69 Å². The van der Waals surface area contributed by atoms with Crippen molar-refractivity contribution >= 4 is 17.6 Å². The number of rotatable bonds is 4. The molecule has 17 heavy (non-hydrogen) atoms. The van der Waals surface area contributed by atoms with Crippen LogP contribution in [-0.2, 0) is 9.59 Å². The number of aliphatic carboxylic acids is 1. The molecule has 0 saturated heterocycles. The summed E-state index contributed by atoms with van der Waals surface area (Å²) in [5.74, 6) is -4.06. The summed E-state index contributed by atoms with van der Waals surface area (Å²) in [6.45, 7) is 3.25. The Balaban J connectivity index is 2.85. The van der Waals surface area contributed by atoms with Crippen LogP contribution in [0, 0.1) is 17.7 Å². The van der Waals surface area contributed by atoms with Crippen molar-refractivity contribution in [3.63, 3.8) is 0 Å². The van der Waals surface area contributed by atoms with E-state index in [-0.39, 0.29) is 11.6 Å². The Kier molecular flexibility index (Phi) is 4.20. The first-order valence-corrected chi connectivity index (χ1v) is 5.21. The van der Waals surface area contributed by atoms with Gasteiger partial charge in [0.2, 0.25) is 5.91 Å². The van der Waals surface area contributed by atoms with Gasteiger partial charge in [0.25, 0.3) is 0 Å². The molecule has 0 radical (unpaired) electrons. The van der Waals surface area contributed by atoms with Crippen molar-refractivity contribution in [2.45, 2.75) is 13.8 Å². The highest BCUT2D eigenvalue weighted by Gasteiger charge is 2.29. The Morgan fingerprint density at radius 3 is 2.35 bits per heavy atom. The molecular formula is C12H14FNO3. The molecule has 2 N–H and O–H groups in total. The third-order valence-electron chi connectivity index (χ3n) is 2.35. The van der Waals surface area contributed by atoms with Crippen LogP contribution in [0.25, 0.3) is 0 Å². The number of para-hydroxylation sites is 1. The van der Waals surface area contributed by atoms with Crippen LogP contribution in [0.2, 0.25) is 0 Å². The zero-order valence-electron chi connectivity index (χ0n) is 9.61. The zero-order chi connectivity index (χ0) is 13.0. The Morgan fingerprint density at radius 2 is 1.88 bits per heavy atom. The Hall–Kier alpha value is -1.91. The molecule has 1 aromatic carbocycles. The van der Waals surface area contributed by atoms with Gasteiger partial charge in [0.15, 0.2) is 0 Å². The highest BCUT2D eigenvalue weighted by Crippen LogP contribution is 2.17. The minimum atomic E-state index is -1.21. The third-order valence-corrected chi connectivity index (χ3v) is 2.35. The van der Waals surface area contributed by atoms with E-state index in [1.165, 1.54) is 18.2 Å². The van der Waals surface area contributed by atoms with Crippen molar-refractivity contribution in [2.75, 3.05) is 5.32 Å². The minimum absolute atomic E-state index is 0.00981. The minimum Gasteiger partial charge on any atom is -0.481 e. The van der Waals surface area contributed by atoms with Crippen molar-refractivity contribution < 1.29 is 19.1 Å². The summed E-state index contributed by atoms with van der Waals surface area (Å²) < 4.78 is 13.3. The molecule has 1 aromatic rings. The fourth-order valence-corrected chi connectivity index (χ4v) is 1.47. The quantitative estimate of drug-likeness (QED) is 0.791. The van der Waals surface area contributed by atoms with Gasteiger partial charge in [-0.1, -0.05) is 26.0 Å². The average molecular weight is 239 g/mol. The summed E-state index contributed by atoms with van der Waals surface area (Å²) >= 11 is 0. The van der Waals surface area contributed by atoms with E-state index in [0.717, 1.165) is 0 Å². The van der Waals surface area contributed by atoms with Gasteiger partial charge in [0.1, 0.15) is 11.7 Å². The molecule has 0 aliphatic heterocycles. The second kappa shape index (κ2) is 5.43. The summed E-state index contributed by atoms with van der Waals surface area (Å²) in [7, 11) is 0. The van der Waals surface area contributed by atoms with E-state index in [9.17, 15) is 14.0 Å². The summed E-state index contributed by atoms with van der Waals surface area (Å²) in [6.07, 6.45) is 0. The second-order valence-electron chi connectivity index (χ2n) is 4.03. The Labute approximate surface area is 98.5 Å². The number of carbonyl (C=O) groups excluding carboxylic acids is 1. The van der Waals surface area contributed by atoms with Crippen LogP contribution in [0.15, 0.2) is 24.3 Å². The van der Waals surface area contributed by atoms with Crippen molar-refractivity contribution in [1.29, 1.82) is 0 Å². The lowest BCUT2D eigenvalue weighted by Gasteiger charge is -2.16. The van der Waals surface area contributed by atoms with Gasteiger partial charge in [-0.05, 0) is 18.1 Å². The molecule has 1 amide bonds. The molecule has 0 saturated carbocycles. The van der Waals surface area contributed by atoms with E-state index >= 15 is 0 Å². The van der Waals surface area contributed by atoms with Gasteiger partial charge in [-0.2, -0.15) is 0 Å². The second-order valence-corrected chi connectivity index (χ2v) is 4.03. The van der Waals surface area contributed by atoms with Gasteiger partial charge in [-0.3, -0.25) is 9.59 Å². The van der Waals surface area contributed by atoms with Crippen LogP contribution < -0.4 is 5.32 Å². The summed E-state index contributed by atoms with van der Waals surface area (Å²) in [5, 5.41) is 11.2. The lowest BCUT2D eigenvalue weighted by atomic mass is 9.95. The van der Waals surface area contributed by atoms with Gasteiger partial charge < -0.3 is 10.4 Å². The number of anilines is 1. The molecule has 1 unspecified atom stereocenters. The maximum absolute atomic E-state index is 13.3. The molecule has 0 bridgehead atoms. The zero-order valence-corrected chi connectivity index (χ0v) is 9.61. The lowest BCUT2D eigenvalue weighted by molar-refractivity contribution is -0.147. The monoisotopic (exact) mass is 239 g/mol. The number of carboxylic acid groups (broad SMARTS) is 1. The molecule has 0 aromatic heterocycles. The van der Waals surface area contributed by atoms with Crippen molar-refractivity contribution in [3.8, 4) is 0 Å². The fourth-order valence-electron chi connectivity index (χ4n) is 1.47. The predicted molar refractivity (Wildman–Crippen MR) is 61.0 cm³/mol. The number of hydrogen-bond acceptors (Lipinski definition) is 2. The van der Waals surface area contributed by atoms with Gasteiger partial charge in [-0.15, -0.1) is 0 Å². The molecule has 5 heteroatoms. The fraction of sp³-hybridized carbons (Fsp3) is 0.333. The van der Waals surface area contributed by atoms with Crippen LogP contribution >= 0.6 is 0 Å². The lowest BCUT2D eigenvalue weighted by Crippen LogP contribution is -2.33. The van der Waals surface area contributed by atoms with Crippen LogP contribution in [0.5, 0.6) is 0 Å². The summed E-state index contributed by atoms with van der Waals surface area (Å²) in [5.41, 5.74) is -0.00981. The summed E-state index contributed by atoms with van der Waals surface area (Å²) in [4.78, 5) is 22.6. The number of carboxylic acids is 1. The first kappa shape index (κ1) is 13.2. The van der Waals surface area contributed by atoms with E-state index in [1.807, 2.05) is 0 Å². The standard InChI is InChI=1S/C12H14FNO3/c1-7(2)10(12(16)17)11(15)14-9-6-4-3-5-8(9)13/h3-7,10H,1-2H3,(H,14,15)(H,16,17). The third kappa shape index (κ3) is 3.27. The van der Waals surface area contributed by atoms with Crippen LogP contribution in [0.4, 0.5) is 10.1 Å². The van der Waals surface area contributed by atoms with Crippen molar-refractivity contribution in [2.24, 2.45) is 11.8 Å². The number of carbonyl (C=O) groups is 2. The van der Waals surface area contributed by atoms with E-state index < -0.39 is 23.6 Å². The highest BCUT2D eigenvalue weighted by atomic mass is 19.1.